The van der Waals surface area contributed by atoms with E-state index in [4.69, 9.17) is 9.26 Å². The van der Waals surface area contributed by atoms with Gasteiger partial charge in [-0.3, -0.25) is 9.69 Å². The van der Waals surface area contributed by atoms with Crippen LogP contribution in [-0.2, 0) is 17.9 Å². The number of rotatable bonds is 5. The van der Waals surface area contributed by atoms with E-state index in [9.17, 15) is 4.79 Å². The van der Waals surface area contributed by atoms with Gasteiger partial charge in [0.25, 0.3) is 0 Å². The van der Waals surface area contributed by atoms with Crippen LogP contribution >= 0.6 is 0 Å². The van der Waals surface area contributed by atoms with Crippen molar-refractivity contribution in [1.29, 1.82) is 0 Å². The molecule has 29 heavy (non-hydrogen) atoms. The summed E-state index contributed by atoms with van der Waals surface area (Å²) in [6, 6.07) is 8.25. The number of benzene rings is 1. The third-order valence-corrected chi connectivity index (χ3v) is 6.60. The van der Waals surface area contributed by atoms with Gasteiger partial charge in [-0.2, -0.15) is 0 Å². The minimum Gasteiger partial charge on any atom is -0.489 e. The summed E-state index contributed by atoms with van der Waals surface area (Å²) in [4.78, 5) is 16.7. The fourth-order valence-electron chi connectivity index (χ4n) is 4.76. The predicted molar refractivity (Wildman–Crippen MR) is 111 cm³/mol. The molecular formula is C23H31N3O3. The van der Waals surface area contributed by atoms with Crippen LogP contribution in [0.2, 0.25) is 0 Å². The average molecular weight is 398 g/mol. The SMILES string of the molecule is Cc1noc(C)c1COc1ccc(CN2CC(=O)N(C)CC23CCCCC3)cc1. The number of piperazine rings is 1. The van der Waals surface area contributed by atoms with Gasteiger partial charge >= 0.3 is 0 Å². The van der Waals surface area contributed by atoms with Gasteiger partial charge in [-0.1, -0.05) is 36.6 Å². The summed E-state index contributed by atoms with van der Waals surface area (Å²) in [5.41, 5.74) is 3.23. The molecule has 6 heteroatoms. The number of nitrogens with zero attached hydrogens (tertiary/aromatic N) is 3. The van der Waals surface area contributed by atoms with Crippen molar-refractivity contribution < 1.29 is 14.1 Å². The first-order chi connectivity index (χ1) is 14.0. The highest BCUT2D eigenvalue weighted by molar-refractivity contribution is 5.79. The summed E-state index contributed by atoms with van der Waals surface area (Å²) in [5.74, 6) is 1.85. The highest BCUT2D eigenvalue weighted by atomic mass is 16.5. The Morgan fingerprint density at radius 1 is 1.14 bits per heavy atom. The lowest BCUT2D eigenvalue weighted by molar-refractivity contribution is -0.144. The fraction of sp³-hybridized carbons (Fsp3) is 0.565. The largest absolute Gasteiger partial charge is 0.489 e. The maximum absolute atomic E-state index is 12.4. The van der Waals surface area contributed by atoms with E-state index < -0.39 is 0 Å². The van der Waals surface area contributed by atoms with Gasteiger partial charge in [0.1, 0.15) is 18.1 Å². The number of amides is 1. The van der Waals surface area contributed by atoms with Crippen LogP contribution in [0.3, 0.4) is 0 Å². The molecule has 0 N–H and O–H groups in total. The summed E-state index contributed by atoms with van der Waals surface area (Å²) >= 11 is 0. The molecule has 1 spiro atoms. The normalized spacial score (nSPS) is 19.7. The molecule has 2 fully saturated rings. The summed E-state index contributed by atoms with van der Waals surface area (Å²) in [6.07, 6.45) is 6.19. The molecule has 1 aliphatic carbocycles. The van der Waals surface area contributed by atoms with Crippen LogP contribution < -0.4 is 4.74 Å². The van der Waals surface area contributed by atoms with Gasteiger partial charge in [-0.05, 0) is 44.4 Å². The van der Waals surface area contributed by atoms with Gasteiger partial charge in [-0.25, -0.2) is 0 Å². The molecule has 1 aromatic heterocycles. The Labute approximate surface area is 172 Å². The van der Waals surface area contributed by atoms with E-state index >= 15 is 0 Å². The minimum atomic E-state index is 0.138. The van der Waals surface area contributed by atoms with Gasteiger partial charge in [0.2, 0.25) is 5.91 Å². The molecule has 6 nitrogen and oxygen atoms in total. The number of carbonyl (C=O) groups excluding carboxylic acids is 1. The average Bonchev–Trinajstić information content (AvgIpc) is 3.04. The van der Waals surface area contributed by atoms with E-state index in [2.05, 4.69) is 22.2 Å². The van der Waals surface area contributed by atoms with E-state index in [0.29, 0.717) is 13.2 Å². The van der Waals surface area contributed by atoms with Crippen molar-refractivity contribution in [3.05, 3.63) is 46.8 Å². The van der Waals surface area contributed by atoms with Crippen molar-refractivity contribution in [2.24, 2.45) is 0 Å². The monoisotopic (exact) mass is 397 g/mol. The Balaban J connectivity index is 1.42. The molecule has 2 aliphatic rings. The van der Waals surface area contributed by atoms with E-state index in [-0.39, 0.29) is 11.4 Å². The zero-order valence-corrected chi connectivity index (χ0v) is 17.7. The van der Waals surface area contributed by atoms with Gasteiger partial charge in [0.05, 0.1) is 17.8 Å². The second kappa shape index (κ2) is 8.19. The maximum Gasteiger partial charge on any atom is 0.236 e. The quantitative estimate of drug-likeness (QED) is 0.767. The lowest BCUT2D eigenvalue weighted by Crippen LogP contribution is -2.63. The molecule has 0 bridgehead atoms. The van der Waals surface area contributed by atoms with Crippen LogP contribution in [0.1, 0.15) is 54.7 Å². The molecule has 1 aliphatic heterocycles. The van der Waals surface area contributed by atoms with E-state index in [1.165, 1.54) is 37.7 Å². The summed E-state index contributed by atoms with van der Waals surface area (Å²) in [6.45, 7) is 6.46. The highest BCUT2D eigenvalue weighted by Crippen LogP contribution is 2.37. The Bertz CT molecular complexity index is 833. The molecule has 0 radical (unpaired) electrons. The van der Waals surface area contributed by atoms with Crippen molar-refractivity contribution in [2.45, 2.75) is 64.6 Å². The zero-order valence-electron chi connectivity index (χ0n) is 17.7. The van der Waals surface area contributed by atoms with Crippen molar-refractivity contribution in [1.82, 2.24) is 15.0 Å². The molecule has 0 unspecified atom stereocenters. The second-order valence-electron chi connectivity index (χ2n) is 8.63. The minimum absolute atomic E-state index is 0.138. The fourth-order valence-corrected chi connectivity index (χ4v) is 4.76. The Hall–Kier alpha value is -2.34. The van der Waals surface area contributed by atoms with Gasteiger partial charge < -0.3 is 14.2 Å². The predicted octanol–water partition coefficient (Wildman–Crippen LogP) is 3.85. The zero-order chi connectivity index (χ0) is 20.4. The van der Waals surface area contributed by atoms with Gasteiger partial charge in [0.15, 0.2) is 0 Å². The molecule has 1 saturated carbocycles. The molecule has 2 heterocycles. The van der Waals surface area contributed by atoms with E-state index in [0.717, 1.165) is 35.9 Å². The lowest BCUT2D eigenvalue weighted by atomic mass is 9.78. The first-order valence-corrected chi connectivity index (χ1v) is 10.6. The van der Waals surface area contributed by atoms with Crippen LogP contribution in [-0.4, -0.2) is 46.5 Å². The highest BCUT2D eigenvalue weighted by Gasteiger charge is 2.43. The van der Waals surface area contributed by atoms with Crippen LogP contribution in [0, 0.1) is 13.8 Å². The van der Waals surface area contributed by atoms with Crippen LogP contribution in [0.15, 0.2) is 28.8 Å². The van der Waals surface area contributed by atoms with Crippen molar-refractivity contribution in [3.63, 3.8) is 0 Å². The number of carbonyl (C=O) groups is 1. The third kappa shape index (κ3) is 4.17. The van der Waals surface area contributed by atoms with E-state index in [1.807, 2.05) is 37.9 Å². The number of hydrogen-bond acceptors (Lipinski definition) is 5. The topological polar surface area (TPSA) is 58.8 Å². The van der Waals surface area contributed by atoms with Gasteiger partial charge in [-0.15, -0.1) is 0 Å². The Morgan fingerprint density at radius 2 is 1.86 bits per heavy atom. The van der Waals surface area contributed by atoms with Crippen LogP contribution in [0.5, 0.6) is 5.75 Å². The van der Waals surface area contributed by atoms with Crippen LogP contribution in [0.4, 0.5) is 0 Å². The lowest BCUT2D eigenvalue weighted by Gasteiger charge is -2.51. The molecule has 0 atom stereocenters. The van der Waals surface area contributed by atoms with Crippen molar-refractivity contribution >= 4 is 5.91 Å². The van der Waals surface area contributed by atoms with Crippen molar-refractivity contribution in [3.8, 4) is 5.75 Å². The third-order valence-electron chi connectivity index (χ3n) is 6.60. The van der Waals surface area contributed by atoms with E-state index in [1.54, 1.807) is 0 Å². The summed E-state index contributed by atoms with van der Waals surface area (Å²) < 4.78 is 11.1. The second-order valence-corrected chi connectivity index (χ2v) is 8.63. The molecular weight excluding hydrogens is 366 g/mol. The Kier molecular flexibility index (Phi) is 5.63. The van der Waals surface area contributed by atoms with Crippen molar-refractivity contribution in [2.75, 3.05) is 20.1 Å². The van der Waals surface area contributed by atoms with Gasteiger partial charge in [0, 0.05) is 25.7 Å². The molecule has 4 rings (SSSR count). The maximum atomic E-state index is 12.4. The number of hydrogen-bond donors (Lipinski definition) is 0. The number of ether oxygens (including phenoxy) is 1. The number of likely N-dealkylation sites (N-methyl/N-ethyl adjacent to an activating group) is 1. The summed E-state index contributed by atoms with van der Waals surface area (Å²) in [5, 5.41) is 3.97. The first-order valence-electron chi connectivity index (χ1n) is 10.6. The molecule has 2 aromatic rings. The number of aromatic nitrogens is 1. The van der Waals surface area contributed by atoms with Crippen LogP contribution in [0.25, 0.3) is 0 Å². The first kappa shape index (κ1) is 20.0. The standard InChI is InChI=1S/C23H31N3O3/c1-17-21(18(2)29-24-17)15-28-20-9-7-19(8-10-20)13-26-14-22(27)25(3)16-23(26)11-5-4-6-12-23/h7-10H,4-6,11-16H2,1-3H3. The molecule has 1 saturated heterocycles. The summed E-state index contributed by atoms with van der Waals surface area (Å²) in [7, 11) is 1.95. The molecule has 1 aromatic carbocycles. The molecule has 156 valence electrons. The number of aryl methyl sites for hydroxylation is 2. The Morgan fingerprint density at radius 3 is 2.52 bits per heavy atom. The smallest absolute Gasteiger partial charge is 0.236 e. The molecule has 1 amide bonds.